The van der Waals surface area contributed by atoms with Gasteiger partial charge in [0, 0.05) is 12.2 Å². The fourth-order valence-corrected chi connectivity index (χ4v) is 2.06. The minimum Gasteiger partial charge on any atom is -0.497 e. The van der Waals surface area contributed by atoms with Gasteiger partial charge in [0.05, 0.1) is 17.7 Å². The summed E-state index contributed by atoms with van der Waals surface area (Å²) in [4.78, 5) is 12.1. The maximum absolute atomic E-state index is 12.1. The van der Waals surface area contributed by atoms with Crippen molar-refractivity contribution in [2.45, 2.75) is 6.54 Å². The molecule has 0 radical (unpaired) electrons. The number of nitrogens with two attached hydrogens (primary N) is 1. The Balaban J connectivity index is 2.05. The number of anilines is 1. The summed E-state index contributed by atoms with van der Waals surface area (Å²) in [5, 5.41) is 3.13. The highest BCUT2D eigenvalue weighted by atomic mass is 35.5. The second-order valence-electron chi connectivity index (χ2n) is 4.23. The lowest BCUT2D eigenvalue weighted by Gasteiger charge is -2.09. The number of methoxy groups -OCH3 is 1. The molecule has 0 saturated carbocycles. The lowest BCUT2D eigenvalue weighted by Crippen LogP contribution is -2.24. The van der Waals surface area contributed by atoms with E-state index in [2.05, 4.69) is 5.32 Å². The van der Waals surface area contributed by atoms with Crippen molar-refractivity contribution in [2.75, 3.05) is 12.8 Å². The summed E-state index contributed by atoms with van der Waals surface area (Å²) >= 11 is 5.99. The van der Waals surface area contributed by atoms with Gasteiger partial charge in [-0.1, -0.05) is 29.8 Å². The Morgan fingerprint density at radius 2 is 1.95 bits per heavy atom. The standard InChI is InChI=1S/C15H15ClN2O2/c1-20-11-7-5-10(6-8-11)9-18-15(19)14-12(16)3-2-4-13(14)17/h2-8H,9,17H2,1H3,(H,18,19). The molecule has 5 heteroatoms. The van der Waals surface area contributed by atoms with Crippen molar-refractivity contribution in [3.63, 3.8) is 0 Å². The van der Waals surface area contributed by atoms with Gasteiger partial charge in [0.15, 0.2) is 0 Å². The Morgan fingerprint density at radius 3 is 2.55 bits per heavy atom. The molecule has 0 fully saturated rings. The summed E-state index contributed by atoms with van der Waals surface area (Å²) < 4.78 is 5.07. The van der Waals surface area contributed by atoms with Gasteiger partial charge in [-0.15, -0.1) is 0 Å². The zero-order valence-corrected chi connectivity index (χ0v) is 11.8. The first-order valence-corrected chi connectivity index (χ1v) is 6.44. The molecule has 104 valence electrons. The Morgan fingerprint density at radius 1 is 1.25 bits per heavy atom. The van der Waals surface area contributed by atoms with Gasteiger partial charge in [0.1, 0.15) is 5.75 Å². The highest BCUT2D eigenvalue weighted by molar-refractivity contribution is 6.34. The molecule has 20 heavy (non-hydrogen) atoms. The van der Waals surface area contributed by atoms with Crippen molar-refractivity contribution in [2.24, 2.45) is 0 Å². The molecular weight excluding hydrogens is 276 g/mol. The average Bonchev–Trinajstić information content (AvgIpc) is 2.45. The van der Waals surface area contributed by atoms with Crippen LogP contribution < -0.4 is 15.8 Å². The molecule has 0 aliphatic carbocycles. The SMILES string of the molecule is COc1ccc(CNC(=O)c2c(N)cccc2Cl)cc1. The number of rotatable bonds is 4. The summed E-state index contributed by atoms with van der Waals surface area (Å²) in [7, 11) is 1.61. The second-order valence-corrected chi connectivity index (χ2v) is 4.64. The van der Waals surface area contributed by atoms with Crippen molar-refractivity contribution < 1.29 is 9.53 Å². The number of hydrogen-bond acceptors (Lipinski definition) is 3. The topological polar surface area (TPSA) is 64.3 Å². The number of benzene rings is 2. The summed E-state index contributed by atoms with van der Waals surface area (Å²) in [6, 6.07) is 12.4. The molecule has 0 heterocycles. The first-order chi connectivity index (χ1) is 9.61. The van der Waals surface area contributed by atoms with E-state index in [1.54, 1.807) is 25.3 Å². The molecule has 2 rings (SSSR count). The van der Waals surface area contributed by atoms with E-state index in [9.17, 15) is 4.79 Å². The van der Waals surface area contributed by atoms with Crippen LogP contribution in [0, 0.1) is 0 Å². The highest BCUT2D eigenvalue weighted by Gasteiger charge is 2.13. The Labute approximate surface area is 122 Å². The molecule has 0 aromatic heterocycles. The lowest BCUT2D eigenvalue weighted by molar-refractivity contribution is 0.0952. The average molecular weight is 291 g/mol. The van der Waals surface area contributed by atoms with Crippen LogP contribution in [0.5, 0.6) is 5.75 Å². The Hall–Kier alpha value is -2.20. The minimum atomic E-state index is -0.288. The molecule has 4 nitrogen and oxygen atoms in total. The predicted molar refractivity (Wildman–Crippen MR) is 80.0 cm³/mol. The van der Waals surface area contributed by atoms with Gasteiger partial charge in [0.2, 0.25) is 0 Å². The first kappa shape index (κ1) is 14.2. The third-order valence-electron chi connectivity index (χ3n) is 2.89. The third-order valence-corrected chi connectivity index (χ3v) is 3.20. The molecule has 0 spiro atoms. The third kappa shape index (κ3) is 3.22. The fourth-order valence-electron chi connectivity index (χ4n) is 1.79. The van der Waals surface area contributed by atoms with Crippen LogP contribution in [0.25, 0.3) is 0 Å². The number of carbonyl (C=O) groups excluding carboxylic acids is 1. The molecule has 0 atom stereocenters. The molecule has 3 N–H and O–H groups in total. The molecule has 2 aromatic carbocycles. The Bertz CT molecular complexity index is 592. The van der Waals surface area contributed by atoms with Gasteiger partial charge in [0.25, 0.3) is 5.91 Å². The van der Waals surface area contributed by atoms with Crippen molar-refractivity contribution in [1.29, 1.82) is 0 Å². The maximum atomic E-state index is 12.1. The largest absolute Gasteiger partial charge is 0.497 e. The zero-order valence-electron chi connectivity index (χ0n) is 11.0. The van der Waals surface area contributed by atoms with Crippen LogP contribution in [0.3, 0.4) is 0 Å². The van der Waals surface area contributed by atoms with Crippen LogP contribution in [-0.2, 0) is 6.54 Å². The summed E-state index contributed by atoms with van der Waals surface area (Å²) in [5.74, 6) is 0.486. The van der Waals surface area contributed by atoms with E-state index in [-0.39, 0.29) is 5.91 Å². The predicted octanol–water partition coefficient (Wildman–Crippen LogP) is 2.86. The van der Waals surface area contributed by atoms with E-state index >= 15 is 0 Å². The van der Waals surface area contributed by atoms with E-state index < -0.39 is 0 Å². The van der Waals surface area contributed by atoms with Crippen LogP contribution >= 0.6 is 11.6 Å². The molecule has 2 aromatic rings. The van der Waals surface area contributed by atoms with Gasteiger partial charge in [-0.05, 0) is 29.8 Å². The molecule has 0 aliphatic heterocycles. The van der Waals surface area contributed by atoms with Gasteiger partial charge in [-0.3, -0.25) is 4.79 Å². The number of carbonyl (C=O) groups is 1. The first-order valence-electron chi connectivity index (χ1n) is 6.07. The van der Waals surface area contributed by atoms with Crippen molar-refractivity contribution in [3.8, 4) is 5.75 Å². The summed E-state index contributed by atoms with van der Waals surface area (Å²) in [5.41, 5.74) is 7.40. The van der Waals surface area contributed by atoms with Crippen molar-refractivity contribution in [3.05, 3.63) is 58.6 Å². The molecular formula is C15H15ClN2O2. The quantitative estimate of drug-likeness (QED) is 0.851. The normalized spacial score (nSPS) is 10.1. The number of nitrogen functional groups attached to an aromatic ring is 1. The smallest absolute Gasteiger partial charge is 0.255 e. The van der Waals surface area contributed by atoms with Crippen LogP contribution in [0.15, 0.2) is 42.5 Å². The van der Waals surface area contributed by atoms with E-state index in [0.29, 0.717) is 22.8 Å². The van der Waals surface area contributed by atoms with Crippen LogP contribution in [0.2, 0.25) is 5.02 Å². The van der Waals surface area contributed by atoms with Gasteiger partial charge < -0.3 is 15.8 Å². The minimum absolute atomic E-state index is 0.288. The van der Waals surface area contributed by atoms with Crippen molar-refractivity contribution in [1.82, 2.24) is 5.32 Å². The number of amides is 1. The van der Waals surface area contributed by atoms with Crippen LogP contribution in [-0.4, -0.2) is 13.0 Å². The van der Waals surface area contributed by atoms with Crippen molar-refractivity contribution >= 4 is 23.2 Å². The van der Waals surface area contributed by atoms with Gasteiger partial charge in [-0.2, -0.15) is 0 Å². The molecule has 0 aliphatic rings. The van der Waals surface area contributed by atoms with E-state index in [4.69, 9.17) is 22.1 Å². The highest BCUT2D eigenvalue weighted by Crippen LogP contribution is 2.21. The van der Waals surface area contributed by atoms with E-state index in [1.807, 2.05) is 24.3 Å². The fraction of sp³-hybridized carbons (Fsp3) is 0.133. The zero-order chi connectivity index (χ0) is 14.5. The number of nitrogens with one attached hydrogen (secondary N) is 1. The number of ether oxygens (including phenoxy) is 1. The second kappa shape index (κ2) is 6.30. The van der Waals surface area contributed by atoms with Crippen LogP contribution in [0.1, 0.15) is 15.9 Å². The van der Waals surface area contributed by atoms with E-state index in [1.165, 1.54) is 0 Å². The van der Waals surface area contributed by atoms with E-state index in [0.717, 1.165) is 11.3 Å². The van der Waals surface area contributed by atoms with Gasteiger partial charge >= 0.3 is 0 Å². The molecule has 1 amide bonds. The Kier molecular flexibility index (Phi) is 4.48. The maximum Gasteiger partial charge on any atom is 0.255 e. The number of halogens is 1. The lowest BCUT2D eigenvalue weighted by atomic mass is 10.1. The molecule has 0 saturated heterocycles. The monoisotopic (exact) mass is 290 g/mol. The summed E-state index contributed by atoms with van der Waals surface area (Å²) in [6.45, 7) is 0.396. The van der Waals surface area contributed by atoms with Crippen LogP contribution in [0.4, 0.5) is 5.69 Å². The molecule has 0 bridgehead atoms. The van der Waals surface area contributed by atoms with Gasteiger partial charge in [-0.25, -0.2) is 0 Å². The number of hydrogen-bond donors (Lipinski definition) is 2. The summed E-state index contributed by atoms with van der Waals surface area (Å²) in [6.07, 6.45) is 0. The molecule has 0 unspecified atom stereocenters.